The minimum absolute atomic E-state index is 0.408. The number of pyridine rings is 1. The average molecular weight is 299 g/mol. The summed E-state index contributed by atoms with van der Waals surface area (Å²) in [7, 11) is 1.79. The first-order chi connectivity index (χ1) is 10.8. The summed E-state index contributed by atoms with van der Waals surface area (Å²) in [4.78, 5) is 12.7. The van der Waals surface area contributed by atoms with E-state index in [1.807, 2.05) is 12.1 Å². The Bertz CT molecular complexity index is 567. The molecular weight excluding hydrogens is 278 g/mol. The lowest BCUT2D eigenvalue weighted by atomic mass is 9.93. The van der Waals surface area contributed by atoms with E-state index in [1.165, 1.54) is 0 Å². The van der Waals surface area contributed by atoms with Crippen LogP contribution in [0.5, 0.6) is 0 Å². The van der Waals surface area contributed by atoms with Gasteiger partial charge in [-0.1, -0.05) is 0 Å². The van der Waals surface area contributed by atoms with Crippen molar-refractivity contribution in [3.8, 4) is 0 Å². The number of nitrogens with one attached hydrogen (secondary N) is 2. The van der Waals surface area contributed by atoms with E-state index in [0.717, 1.165) is 37.1 Å². The molecule has 2 N–H and O–H groups in total. The molecule has 1 aliphatic carbocycles. The van der Waals surface area contributed by atoms with Crippen molar-refractivity contribution < 1.29 is 4.74 Å². The first-order valence-corrected chi connectivity index (χ1v) is 7.62. The van der Waals surface area contributed by atoms with Crippen LogP contribution in [0.25, 0.3) is 0 Å². The van der Waals surface area contributed by atoms with E-state index in [0.29, 0.717) is 18.1 Å². The van der Waals surface area contributed by atoms with Gasteiger partial charge in [0.25, 0.3) is 0 Å². The summed E-state index contributed by atoms with van der Waals surface area (Å²) in [5.74, 6) is 0.682. The molecule has 0 aromatic carbocycles. The highest BCUT2D eigenvalue weighted by atomic mass is 16.5. The number of aromatic nitrogens is 3. The summed E-state index contributed by atoms with van der Waals surface area (Å²) >= 11 is 0. The maximum Gasteiger partial charge on any atom is 0.222 e. The van der Waals surface area contributed by atoms with Crippen molar-refractivity contribution in [1.29, 1.82) is 0 Å². The zero-order valence-electron chi connectivity index (χ0n) is 12.7. The van der Waals surface area contributed by atoms with Crippen LogP contribution in [0.3, 0.4) is 0 Å². The van der Waals surface area contributed by atoms with E-state index in [-0.39, 0.29) is 0 Å². The molecular formula is C16H21N5O. The summed E-state index contributed by atoms with van der Waals surface area (Å²) in [5, 5.41) is 6.64. The maximum absolute atomic E-state index is 5.39. The smallest absolute Gasteiger partial charge is 0.222 e. The minimum atomic E-state index is 0.408. The van der Waals surface area contributed by atoms with E-state index < -0.39 is 0 Å². The number of methoxy groups -OCH3 is 1. The Balaban J connectivity index is 1.53. The topological polar surface area (TPSA) is 72.0 Å². The fourth-order valence-electron chi connectivity index (χ4n) is 2.69. The number of anilines is 3. The minimum Gasteiger partial charge on any atom is -0.381 e. The molecule has 2 aromatic rings. The van der Waals surface area contributed by atoms with Gasteiger partial charge in [-0.15, -0.1) is 0 Å². The molecule has 1 fully saturated rings. The largest absolute Gasteiger partial charge is 0.381 e. The molecule has 22 heavy (non-hydrogen) atoms. The lowest BCUT2D eigenvalue weighted by molar-refractivity contribution is 0.0681. The summed E-state index contributed by atoms with van der Waals surface area (Å²) in [6.45, 7) is 0. The predicted octanol–water partition coefficient (Wildman–Crippen LogP) is 2.98. The first-order valence-electron chi connectivity index (χ1n) is 7.62. The van der Waals surface area contributed by atoms with E-state index >= 15 is 0 Å². The van der Waals surface area contributed by atoms with Gasteiger partial charge in [-0.3, -0.25) is 4.98 Å². The van der Waals surface area contributed by atoms with E-state index in [1.54, 1.807) is 31.9 Å². The fraction of sp³-hybridized carbons (Fsp3) is 0.438. The Morgan fingerprint density at radius 3 is 2.32 bits per heavy atom. The van der Waals surface area contributed by atoms with Crippen molar-refractivity contribution >= 4 is 17.3 Å². The lowest BCUT2D eigenvalue weighted by Crippen LogP contribution is -2.29. The van der Waals surface area contributed by atoms with Crippen molar-refractivity contribution in [1.82, 2.24) is 15.0 Å². The Kier molecular flexibility index (Phi) is 4.80. The monoisotopic (exact) mass is 299 g/mol. The maximum atomic E-state index is 5.39. The van der Waals surface area contributed by atoms with Crippen molar-refractivity contribution in [2.24, 2.45) is 0 Å². The lowest BCUT2D eigenvalue weighted by Gasteiger charge is -2.28. The van der Waals surface area contributed by atoms with Crippen LogP contribution in [0.15, 0.2) is 36.9 Å². The number of hydrogen-bond acceptors (Lipinski definition) is 6. The molecule has 0 aliphatic heterocycles. The van der Waals surface area contributed by atoms with Crippen molar-refractivity contribution in [3.63, 3.8) is 0 Å². The zero-order valence-corrected chi connectivity index (χ0v) is 12.7. The molecule has 0 atom stereocenters. The Labute approximate surface area is 130 Å². The predicted molar refractivity (Wildman–Crippen MR) is 86.2 cm³/mol. The molecule has 1 saturated carbocycles. The number of nitrogens with zero attached hydrogens (tertiary/aromatic N) is 3. The SMILES string of the molecule is CO[C@H]1CC[C@H](Nc2ncc(Nc3ccncc3)cn2)CC1. The highest BCUT2D eigenvalue weighted by Crippen LogP contribution is 2.23. The van der Waals surface area contributed by atoms with Gasteiger partial charge in [0.15, 0.2) is 0 Å². The van der Waals surface area contributed by atoms with Gasteiger partial charge in [0.1, 0.15) is 0 Å². The van der Waals surface area contributed by atoms with Crippen molar-refractivity contribution in [2.75, 3.05) is 17.7 Å². The molecule has 6 nitrogen and oxygen atoms in total. The second kappa shape index (κ2) is 7.17. The molecule has 3 rings (SSSR count). The molecule has 6 heteroatoms. The van der Waals surface area contributed by atoms with Crippen LogP contribution in [0.4, 0.5) is 17.3 Å². The molecule has 0 spiro atoms. The van der Waals surface area contributed by atoms with E-state index in [4.69, 9.17) is 4.74 Å². The molecule has 0 saturated heterocycles. The molecule has 0 radical (unpaired) electrons. The van der Waals surface area contributed by atoms with Crippen LogP contribution < -0.4 is 10.6 Å². The average Bonchev–Trinajstić information content (AvgIpc) is 2.58. The number of ether oxygens (including phenoxy) is 1. The van der Waals surface area contributed by atoms with Crippen LogP contribution in [0.1, 0.15) is 25.7 Å². The molecule has 2 heterocycles. The van der Waals surface area contributed by atoms with Gasteiger partial charge >= 0.3 is 0 Å². The Morgan fingerprint density at radius 1 is 1.00 bits per heavy atom. The van der Waals surface area contributed by atoms with Gasteiger partial charge in [-0.2, -0.15) is 0 Å². The standard InChI is InChI=1S/C16H21N5O/c1-22-15-4-2-12(3-5-15)21-16-18-10-14(11-19-16)20-13-6-8-17-9-7-13/h6-12,15H,2-5H2,1H3,(H,17,20)(H,18,19,21)/t12-,15-. The van der Waals surface area contributed by atoms with Gasteiger partial charge in [-0.25, -0.2) is 9.97 Å². The Hall–Kier alpha value is -2.21. The third-order valence-electron chi connectivity index (χ3n) is 3.96. The fourth-order valence-corrected chi connectivity index (χ4v) is 2.69. The van der Waals surface area contributed by atoms with Gasteiger partial charge in [0.05, 0.1) is 24.2 Å². The molecule has 0 amide bonds. The molecule has 0 unspecified atom stereocenters. The first kappa shape index (κ1) is 14.7. The van der Waals surface area contributed by atoms with Crippen LogP contribution in [0, 0.1) is 0 Å². The van der Waals surface area contributed by atoms with Crippen molar-refractivity contribution in [3.05, 3.63) is 36.9 Å². The molecule has 116 valence electrons. The molecule has 2 aromatic heterocycles. The van der Waals surface area contributed by atoms with Gasteiger partial charge in [-0.05, 0) is 37.8 Å². The third-order valence-corrected chi connectivity index (χ3v) is 3.96. The summed E-state index contributed by atoms with van der Waals surface area (Å²) in [6.07, 6.45) is 11.9. The Morgan fingerprint density at radius 2 is 1.68 bits per heavy atom. The van der Waals surface area contributed by atoms with Gasteiger partial charge < -0.3 is 15.4 Å². The number of hydrogen-bond donors (Lipinski definition) is 2. The third kappa shape index (κ3) is 3.92. The van der Waals surface area contributed by atoms with Crippen LogP contribution in [-0.2, 0) is 4.74 Å². The second-order valence-electron chi connectivity index (χ2n) is 5.51. The number of rotatable bonds is 5. The highest BCUT2D eigenvalue weighted by molar-refractivity contribution is 5.57. The van der Waals surface area contributed by atoms with E-state index in [2.05, 4.69) is 25.6 Å². The highest BCUT2D eigenvalue weighted by Gasteiger charge is 2.21. The summed E-state index contributed by atoms with van der Waals surface area (Å²) < 4.78 is 5.39. The van der Waals surface area contributed by atoms with E-state index in [9.17, 15) is 0 Å². The normalized spacial score (nSPS) is 21.3. The summed E-state index contributed by atoms with van der Waals surface area (Å²) in [5.41, 5.74) is 1.83. The van der Waals surface area contributed by atoms with Gasteiger partial charge in [0.2, 0.25) is 5.95 Å². The molecule has 0 bridgehead atoms. The van der Waals surface area contributed by atoms with Crippen molar-refractivity contribution in [2.45, 2.75) is 37.8 Å². The van der Waals surface area contributed by atoms with Crippen LogP contribution in [0.2, 0.25) is 0 Å². The van der Waals surface area contributed by atoms with Crippen LogP contribution >= 0.6 is 0 Å². The van der Waals surface area contributed by atoms with Crippen LogP contribution in [-0.4, -0.2) is 34.2 Å². The zero-order chi connectivity index (χ0) is 15.2. The second-order valence-corrected chi connectivity index (χ2v) is 5.51. The molecule has 1 aliphatic rings. The summed E-state index contributed by atoms with van der Waals surface area (Å²) in [6, 6.07) is 4.24. The quantitative estimate of drug-likeness (QED) is 0.884. The van der Waals surface area contributed by atoms with Gasteiger partial charge in [0, 0.05) is 31.2 Å².